The highest BCUT2D eigenvalue weighted by Gasteiger charge is 2.14. The molecule has 1 N–H and O–H groups in total. The summed E-state index contributed by atoms with van der Waals surface area (Å²) in [4.78, 5) is 30.2. The second kappa shape index (κ2) is 7.82. The Labute approximate surface area is 165 Å². The van der Waals surface area contributed by atoms with Crippen LogP contribution in [0, 0.1) is 6.92 Å². The number of benzene rings is 1. The van der Waals surface area contributed by atoms with Crippen molar-refractivity contribution in [2.75, 3.05) is 0 Å². The van der Waals surface area contributed by atoms with Crippen LogP contribution in [0.5, 0.6) is 0 Å². The van der Waals surface area contributed by atoms with Crippen LogP contribution in [0.4, 0.5) is 0 Å². The topological polar surface area (TPSA) is 77.1 Å². The lowest BCUT2D eigenvalue weighted by molar-refractivity contribution is -0.121. The van der Waals surface area contributed by atoms with Crippen LogP contribution in [-0.4, -0.2) is 15.5 Å². The summed E-state index contributed by atoms with van der Waals surface area (Å²) in [6, 6.07) is 11.6. The van der Waals surface area contributed by atoms with E-state index in [4.69, 9.17) is 4.42 Å². The van der Waals surface area contributed by atoms with E-state index < -0.39 is 0 Å². The van der Waals surface area contributed by atoms with Crippen molar-refractivity contribution < 1.29 is 9.21 Å². The summed E-state index contributed by atoms with van der Waals surface area (Å²) in [6.07, 6.45) is 3.27. The Morgan fingerprint density at radius 3 is 2.82 bits per heavy atom. The lowest BCUT2D eigenvalue weighted by atomic mass is 10.1. The molecule has 1 aromatic carbocycles. The summed E-state index contributed by atoms with van der Waals surface area (Å²) in [5.74, 6) is 0.544. The number of carbonyl (C=O) groups is 1. The fourth-order valence-corrected chi connectivity index (χ4v) is 3.89. The van der Waals surface area contributed by atoms with Gasteiger partial charge in [-0.1, -0.05) is 29.8 Å². The molecule has 0 unspecified atom stereocenters. The van der Waals surface area contributed by atoms with Gasteiger partial charge in [0.1, 0.15) is 10.6 Å². The minimum atomic E-state index is -0.146. The third-order valence-electron chi connectivity index (χ3n) is 4.54. The van der Waals surface area contributed by atoms with Gasteiger partial charge in [0.05, 0.1) is 24.5 Å². The number of hydrogen-bond acceptors (Lipinski definition) is 5. The summed E-state index contributed by atoms with van der Waals surface area (Å²) in [5.41, 5.74) is 2.92. The van der Waals surface area contributed by atoms with E-state index in [1.807, 2.05) is 36.6 Å². The molecule has 28 heavy (non-hydrogen) atoms. The van der Waals surface area contributed by atoms with E-state index in [2.05, 4.69) is 10.3 Å². The molecule has 7 heteroatoms. The summed E-state index contributed by atoms with van der Waals surface area (Å²) >= 11 is 1.45. The number of amides is 1. The number of aryl methyl sites for hydroxylation is 2. The first-order valence-corrected chi connectivity index (χ1v) is 9.82. The maximum Gasteiger partial charge on any atom is 0.262 e. The molecule has 0 aliphatic rings. The number of furan rings is 1. The van der Waals surface area contributed by atoms with Crippen molar-refractivity contribution in [3.05, 3.63) is 76.0 Å². The highest BCUT2D eigenvalue weighted by atomic mass is 32.1. The van der Waals surface area contributed by atoms with Crippen LogP contribution in [0.3, 0.4) is 0 Å². The van der Waals surface area contributed by atoms with Gasteiger partial charge < -0.3 is 9.73 Å². The summed E-state index contributed by atoms with van der Waals surface area (Å²) in [6.45, 7) is 2.63. The van der Waals surface area contributed by atoms with Crippen LogP contribution < -0.4 is 10.9 Å². The Balaban J connectivity index is 1.52. The Kier molecular flexibility index (Phi) is 5.08. The quantitative estimate of drug-likeness (QED) is 0.541. The van der Waals surface area contributed by atoms with E-state index in [9.17, 15) is 9.59 Å². The van der Waals surface area contributed by atoms with Gasteiger partial charge in [-0.2, -0.15) is 0 Å². The molecule has 3 aromatic heterocycles. The average molecular weight is 393 g/mol. The zero-order valence-corrected chi connectivity index (χ0v) is 16.2. The molecule has 0 fully saturated rings. The molecule has 0 aliphatic heterocycles. The number of fused-ring (bicyclic) bond motifs is 1. The predicted molar refractivity (Wildman–Crippen MR) is 109 cm³/mol. The summed E-state index contributed by atoms with van der Waals surface area (Å²) in [7, 11) is 0. The largest absolute Gasteiger partial charge is 0.467 e. The Morgan fingerprint density at radius 1 is 1.25 bits per heavy atom. The summed E-state index contributed by atoms with van der Waals surface area (Å²) in [5, 5.41) is 5.35. The van der Waals surface area contributed by atoms with Crippen molar-refractivity contribution in [2.45, 2.75) is 26.4 Å². The number of aromatic nitrogens is 2. The maximum atomic E-state index is 13.0. The van der Waals surface area contributed by atoms with E-state index in [0.717, 1.165) is 11.1 Å². The van der Waals surface area contributed by atoms with Crippen molar-refractivity contribution in [1.82, 2.24) is 14.9 Å². The molecule has 0 aliphatic carbocycles. The first-order valence-electron chi connectivity index (χ1n) is 8.94. The Hall–Kier alpha value is -3.19. The van der Waals surface area contributed by atoms with E-state index in [0.29, 0.717) is 22.5 Å². The molecule has 1 amide bonds. The van der Waals surface area contributed by atoms with E-state index in [1.54, 1.807) is 18.4 Å². The molecule has 142 valence electrons. The maximum absolute atomic E-state index is 13.0. The molecule has 0 radical (unpaired) electrons. The lowest BCUT2D eigenvalue weighted by Gasteiger charge is -2.07. The lowest BCUT2D eigenvalue weighted by Crippen LogP contribution is -2.27. The Morgan fingerprint density at radius 2 is 2.07 bits per heavy atom. The van der Waals surface area contributed by atoms with E-state index in [-0.39, 0.29) is 24.4 Å². The molecule has 0 atom stereocenters. The van der Waals surface area contributed by atoms with Gasteiger partial charge in [0.2, 0.25) is 5.91 Å². The third kappa shape index (κ3) is 3.75. The van der Waals surface area contributed by atoms with Crippen molar-refractivity contribution in [2.24, 2.45) is 0 Å². The number of hydrogen-bond donors (Lipinski definition) is 1. The minimum Gasteiger partial charge on any atom is -0.467 e. The van der Waals surface area contributed by atoms with Gasteiger partial charge in [-0.25, -0.2) is 4.98 Å². The molecular weight excluding hydrogens is 374 g/mol. The van der Waals surface area contributed by atoms with E-state index >= 15 is 0 Å². The minimum absolute atomic E-state index is 0.124. The van der Waals surface area contributed by atoms with Crippen LogP contribution in [0.15, 0.2) is 63.6 Å². The highest BCUT2D eigenvalue weighted by Crippen LogP contribution is 2.30. The number of carbonyl (C=O) groups excluding carboxylic acids is 1. The Bertz CT molecular complexity index is 1160. The number of nitrogens with zero attached hydrogens (tertiary/aromatic N) is 2. The number of rotatable bonds is 6. The zero-order chi connectivity index (χ0) is 19.5. The molecule has 0 bridgehead atoms. The zero-order valence-electron chi connectivity index (χ0n) is 15.3. The van der Waals surface area contributed by atoms with Crippen molar-refractivity contribution >= 4 is 27.5 Å². The normalized spacial score (nSPS) is 11.0. The van der Waals surface area contributed by atoms with Crippen molar-refractivity contribution in [3.63, 3.8) is 0 Å². The van der Waals surface area contributed by atoms with Gasteiger partial charge in [0, 0.05) is 23.9 Å². The van der Waals surface area contributed by atoms with Gasteiger partial charge >= 0.3 is 0 Å². The predicted octanol–water partition coefficient (Wildman–Crippen LogP) is 3.73. The fraction of sp³-hybridized carbons (Fsp3) is 0.190. The van der Waals surface area contributed by atoms with Crippen LogP contribution in [0.25, 0.3) is 21.3 Å². The molecule has 4 rings (SSSR count). The molecule has 4 aromatic rings. The summed E-state index contributed by atoms with van der Waals surface area (Å²) < 4.78 is 6.69. The standard InChI is InChI=1S/C21H19N3O3S/c1-14-4-6-15(7-5-14)17-12-28-20-19(17)21(26)24(13-23-20)9-8-18(25)22-11-16-3-2-10-27-16/h2-7,10,12-13H,8-9,11H2,1H3,(H,22,25). The first-order chi connectivity index (χ1) is 13.6. The van der Waals surface area contributed by atoms with Crippen LogP contribution in [0.2, 0.25) is 0 Å². The smallest absolute Gasteiger partial charge is 0.262 e. The third-order valence-corrected chi connectivity index (χ3v) is 5.43. The van der Waals surface area contributed by atoms with Crippen LogP contribution in [-0.2, 0) is 17.9 Å². The molecular formula is C21H19N3O3S. The van der Waals surface area contributed by atoms with Gasteiger partial charge in [-0.05, 0) is 24.6 Å². The fourth-order valence-electron chi connectivity index (χ4n) is 2.98. The molecule has 0 spiro atoms. The monoisotopic (exact) mass is 393 g/mol. The number of thiophene rings is 1. The van der Waals surface area contributed by atoms with Crippen LogP contribution >= 0.6 is 11.3 Å². The first kappa shape index (κ1) is 18.2. The van der Waals surface area contributed by atoms with Gasteiger partial charge in [-0.15, -0.1) is 11.3 Å². The molecule has 3 heterocycles. The molecule has 0 saturated heterocycles. The molecule has 0 saturated carbocycles. The van der Waals surface area contributed by atoms with Gasteiger partial charge in [-0.3, -0.25) is 14.2 Å². The number of nitrogens with one attached hydrogen (secondary N) is 1. The van der Waals surface area contributed by atoms with Crippen molar-refractivity contribution in [1.29, 1.82) is 0 Å². The van der Waals surface area contributed by atoms with Gasteiger partial charge in [0.15, 0.2) is 0 Å². The van der Waals surface area contributed by atoms with Crippen LogP contribution in [0.1, 0.15) is 17.7 Å². The average Bonchev–Trinajstić information content (AvgIpc) is 3.36. The van der Waals surface area contributed by atoms with Gasteiger partial charge in [0.25, 0.3) is 5.56 Å². The SMILES string of the molecule is Cc1ccc(-c2csc3ncn(CCC(=O)NCc4ccco4)c(=O)c23)cc1. The highest BCUT2D eigenvalue weighted by molar-refractivity contribution is 7.17. The second-order valence-corrected chi connectivity index (χ2v) is 7.40. The second-order valence-electron chi connectivity index (χ2n) is 6.54. The molecule has 6 nitrogen and oxygen atoms in total. The van der Waals surface area contributed by atoms with E-state index in [1.165, 1.54) is 27.8 Å². The van der Waals surface area contributed by atoms with Crippen molar-refractivity contribution in [3.8, 4) is 11.1 Å².